The van der Waals surface area contributed by atoms with Crippen molar-refractivity contribution in [2.24, 2.45) is 0 Å². The fraction of sp³-hybridized carbons (Fsp3) is 0. The maximum atomic E-state index is 5.33. The highest BCUT2D eigenvalue weighted by Gasteiger charge is 2.22. The third-order valence-electron chi connectivity index (χ3n) is 10.2. The highest BCUT2D eigenvalue weighted by Crippen LogP contribution is 2.49. The first kappa shape index (κ1) is 26.9. The Morgan fingerprint density at radius 2 is 0.898 bits per heavy atom. The molecule has 1 aliphatic rings. The molecule has 3 heteroatoms. The summed E-state index contributed by atoms with van der Waals surface area (Å²) >= 11 is 1.87. The summed E-state index contributed by atoms with van der Waals surface area (Å²) in [5, 5.41) is 7.37. The molecule has 3 aromatic heterocycles. The highest BCUT2D eigenvalue weighted by atomic mass is 32.1. The van der Waals surface area contributed by atoms with Crippen LogP contribution < -0.4 is 0 Å². The number of hydrogen-bond donors (Lipinski definition) is 0. The molecule has 0 atom stereocenters. The SMILES string of the molecule is c1ccc2c(c1)-c1cccc3c(-c4ccc5ccc6ccc(-c7ccc(-c8cccc9c8sc8ccccc89)cc7)nc6c5n4)ccc-2c13. The summed E-state index contributed by atoms with van der Waals surface area (Å²) in [6.45, 7) is 0. The summed E-state index contributed by atoms with van der Waals surface area (Å²) in [6.07, 6.45) is 0. The summed E-state index contributed by atoms with van der Waals surface area (Å²) in [5.41, 5.74) is 13.7. The van der Waals surface area contributed by atoms with Crippen LogP contribution in [0.25, 0.3) is 109 Å². The van der Waals surface area contributed by atoms with Gasteiger partial charge in [0.25, 0.3) is 0 Å². The number of fused-ring (bicyclic) bond motifs is 9. The second-order valence-corrected chi connectivity index (χ2v) is 13.9. The monoisotopic (exact) mass is 638 g/mol. The van der Waals surface area contributed by atoms with Crippen molar-refractivity contribution in [1.82, 2.24) is 9.97 Å². The normalized spacial score (nSPS) is 12.1. The maximum absolute atomic E-state index is 5.33. The zero-order valence-electron chi connectivity index (χ0n) is 26.3. The minimum Gasteiger partial charge on any atom is -0.245 e. The van der Waals surface area contributed by atoms with Crippen LogP contribution in [-0.4, -0.2) is 9.97 Å². The first-order valence-corrected chi connectivity index (χ1v) is 17.5. The Morgan fingerprint density at radius 1 is 0.347 bits per heavy atom. The van der Waals surface area contributed by atoms with Crippen molar-refractivity contribution in [3.63, 3.8) is 0 Å². The molecule has 0 unspecified atom stereocenters. The van der Waals surface area contributed by atoms with Crippen LogP contribution >= 0.6 is 11.3 Å². The van der Waals surface area contributed by atoms with Crippen LogP contribution in [0.15, 0.2) is 158 Å². The summed E-state index contributed by atoms with van der Waals surface area (Å²) in [5.74, 6) is 0. The molecule has 7 aromatic carbocycles. The van der Waals surface area contributed by atoms with Crippen LogP contribution in [0.3, 0.4) is 0 Å². The summed E-state index contributed by atoms with van der Waals surface area (Å²) in [4.78, 5) is 10.6. The molecule has 0 spiro atoms. The van der Waals surface area contributed by atoms with Gasteiger partial charge in [-0.05, 0) is 62.4 Å². The smallest absolute Gasteiger partial charge is 0.0972 e. The van der Waals surface area contributed by atoms with Gasteiger partial charge in [0.15, 0.2) is 0 Å². The van der Waals surface area contributed by atoms with E-state index in [4.69, 9.17) is 9.97 Å². The Bertz CT molecular complexity index is 2960. The lowest BCUT2D eigenvalue weighted by molar-refractivity contribution is 1.37. The van der Waals surface area contributed by atoms with E-state index >= 15 is 0 Å². The molecule has 10 aromatic rings. The zero-order chi connectivity index (χ0) is 32.1. The largest absolute Gasteiger partial charge is 0.245 e. The van der Waals surface area contributed by atoms with E-state index in [0.29, 0.717) is 0 Å². The molecular weight excluding hydrogens is 613 g/mol. The lowest BCUT2D eigenvalue weighted by Gasteiger charge is -2.11. The van der Waals surface area contributed by atoms with Gasteiger partial charge in [0.1, 0.15) is 0 Å². The van der Waals surface area contributed by atoms with E-state index in [0.717, 1.165) is 44.3 Å². The van der Waals surface area contributed by atoms with E-state index in [-0.39, 0.29) is 0 Å². The second kappa shape index (κ2) is 10.2. The quantitative estimate of drug-likeness (QED) is 0.180. The fourth-order valence-corrected chi connectivity index (χ4v) is 9.14. The van der Waals surface area contributed by atoms with Crippen molar-refractivity contribution in [1.29, 1.82) is 0 Å². The predicted molar refractivity (Wildman–Crippen MR) is 208 cm³/mol. The van der Waals surface area contributed by atoms with E-state index < -0.39 is 0 Å². The molecule has 49 heavy (non-hydrogen) atoms. The van der Waals surface area contributed by atoms with E-state index in [1.807, 2.05) is 11.3 Å². The summed E-state index contributed by atoms with van der Waals surface area (Å²) < 4.78 is 2.66. The molecule has 0 aliphatic heterocycles. The number of pyridine rings is 2. The van der Waals surface area contributed by atoms with Gasteiger partial charge in [0, 0.05) is 42.1 Å². The second-order valence-electron chi connectivity index (χ2n) is 12.9. The van der Waals surface area contributed by atoms with Crippen LogP contribution in [0.1, 0.15) is 0 Å². The van der Waals surface area contributed by atoms with E-state index in [2.05, 4.69) is 158 Å². The lowest BCUT2D eigenvalue weighted by atomic mass is 9.96. The van der Waals surface area contributed by atoms with Gasteiger partial charge in [-0.3, -0.25) is 0 Å². The molecule has 2 nitrogen and oxygen atoms in total. The Morgan fingerprint density at radius 3 is 1.69 bits per heavy atom. The number of benzene rings is 7. The molecule has 1 aliphatic carbocycles. The number of nitrogens with zero attached hydrogens (tertiary/aromatic N) is 2. The van der Waals surface area contributed by atoms with Gasteiger partial charge >= 0.3 is 0 Å². The Balaban J connectivity index is 1.02. The van der Waals surface area contributed by atoms with Crippen LogP contribution in [0.2, 0.25) is 0 Å². The topological polar surface area (TPSA) is 25.8 Å². The van der Waals surface area contributed by atoms with Crippen molar-refractivity contribution >= 4 is 64.1 Å². The molecule has 0 radical (unpaired) electrons. The minimum absolute atomic E-state index is 0.925. The van der Waals surface area contributed by atoms with Crippen LogP contribution in [0.5, 0.6) is 0 Å². The summed E-state index contributed by atoms with van der Waals surface area (Å²) in [7, 11) is 0. The fourth-order valence-electron chi connectivity index (χ4n) is 7.91. The average Bonchev–Trinajstić information content (AvgIpc) is 3.72. The van der Waals surface area contributed by atoms with E-state index in [9.17, 15) is 0 Å². The first-order valence-electron chi connectivity index (χ1n) is 16.7. The predicted octanol–water partition coefficient (Wildman–Crippen LogP) is 13.0. The van der Waals surface area contributed by atoms with Crippen molar-refractivity contribution in [2.75, 3.05) is 0 Å². The standard InChI is InChI=1S/C46H26N2S/c1-2-8-33-32(7-1)36-11-6-12-37-34(23-24-38(33)43(36)37)41-26-22-30-20-19-29-21-25-40(47-44(29)45(30)48-41)28-17-15-27(16-18-28)31-10-5-13-39-35-9-3-4-14-42(35)49-46(31)39/h1-26H. The van der Waals surface area contributed by atoms with Crippen molar-refractivity contribution < 1.29 is 0 Å². The third kappa shape index (κ3) is 3.94. The van der Waals surface area contributed by atoms with Crippen LogP contribution in [-0.2, 0) is 0 Å². The van der Waals surface area contributed by atoms with Crippen molar-refractivity contribution in [2.45, 2.75) is 0 Å². The van der Waals surface area contributed by atoms with Gasteiger partial charge in [0.2, 0.25) is 0 Å². The van der Waals surface area contributed by atoms with Gasteiger partial charge in [-0.25, -0.2) is 9.97 Å². The molecule has 0 saturated carbocycles. The van der Waals surface area contributed by atoms with E-state index in [1.165, 1.54) is 64.3 Å². The third-order valence-corrected chi connectivity index (χ3v) is 11.5. The van der Waals surface area contributed by atoms with Crippen LogP contribution in [0, 0.1) is 0 Å². The van der Waals surface area contributed by atoms with Gasteiger partial charge in [-0.1, -0.05) is 140 Å². The van der Waals surface area contributed by atoms with Crippen LogP contribution in [0.4, 0.5) is 0 Å². The van der Waals surface area contributed by atoms with Gasteiger partial charge < -0.3 is 0 Å². The van der Waals surface area contributed by atoms with Gasteiger partial charge in [0.05, 0.1) is 22.4 Å². The summed E-state index contributed by atoms with van der Waals surface area (Å²) in [6, 6.07) is 57.0. The Hall–Kier alpha value is -6.16. The number of hydrogen-bond acceptors (Lipinski definition) is 3. The van der Waals surface area contributed by atoms with Gasteiger partial charge in [-0.15, -0.1) is 11.3 Å². The maximum Gasteiger partial charge on any atom is 0.0972 e. The lowest BCUT2D eigenvalue weighted by Crippen LogP contribution is -1.92. The van der Waals surface area contributed by atoms with Crippen molar-refractivity contribution in [3.8, 4) is 55.9 Å². The van der Waals surface area contributed by atoms with Gasteiger partial charge in [-0.2, -0.15) is 0 Å². The molecule has 0 N–H and O–H groups in total. The highest BCUT2D eigenvalue weighted by molar-refractivity contribution is 7.26. The van der Waals surface area contributed by atoms with E-state index in [1.54, 1.807) is 0 Å². The number of rotatable bonds is 3. The molecular formula is C46H26N2S. The molecule has 0 saturated heterocycles. The first-order chi connectivity index (χ1) is 24.3. The molecule has 226 valence electrons. The molecule has 0 bridgehead atoms. The minimum atomic E-state index is 0.925. The molecule has 0 fully saturated rings. The van der Waals surface area contributed by atoms with Crippen molar-refractivity contribution in [3.05, 3.63) is 158 Å². The zero-order valence-corrected chi connectivity index (χ0v) is 27.1. The molecule has 3 heterocycles. The molecule has 11 rings (SSSR count). The number of thiophene rings is 1. The Labute approximate surface area is 286 Å². The average molecular weight is 639 g/mol. The molecule has 0 amide bonds. The Kier molecular flexibility index (Phi) is 5.57. The number of aromatic nitrogens is 2.